The number of nitrogens with one attached hydrogen (secondary N) is 2. The summed E-state index contributed by atoms with van der Waals surface area (Å²) in [5, 5.41) is 8.74. The molecule has 2 N–H and O–H groups in total. The summed E-state index contributed by atoms with van der Waals surface area (Å²) in [7, 11) is 1.75. The van der Waals surface area contributed by atoms with Crippen LogP contribution in [0.2, 0.25) is 0 Å². The lowest BCUT2D eigenvalue weighted by atomic mass is 10.1. The molecule has 0 aliphatic rings. The van der Waals surface area contributed by atoms with E-state index in [-0.39, 0.29) is 5.82 Å². The van der Waals surface area contributed by atoms with Crippen molar-refractivity contribution in [2.24, 2.45) is 4.99 Å². The van der Waals surface area contributed by atoms with Gasteiger partial charge in [0.15, 0.2) is 5.96 Å². The van der Waals surface area contributed by atoms with Crippen molar-refractivity contribution < 1.29 is 9.13 Å². The van der Waals surface area contributed by atoms with Gasteiger partial charge in [0.05, 0.1) is 0 Å². The first-order valence-corrected chi connectivity index (χ1v) is 9.88. The lowest BCUT2D eigenvalue weighted by Gasteiger charge is -2.15. The van der Waals surface area contributed by atoms with Crippen LogP contribution >= 0.6 is 11.3 Å². The van der Waals surface area contributed by atoms with E-state index in [0.29, 0.717) is 24.1 Å². The van der Waals surface area contributed by atoms with Gasteiger partial charge in [-0.2, -0.15) is 0 Å². The molecular weight excluding hydrogens is 375 g/mol. The van der Waals surface area contributed by atoms with Crippen molar-refractivity contribution in [1.29, 1.82) is 0 Å². The molecule has 7 heteroatoms. The Morgan fingerprint density at radius 1 is 1.21 bits per heavy atom. The molecule has 0 bridgehead atoms. The highest BCUT2D eigenvalue weighted by Gasteiger charge is 2.08. The monoisotopic (exact) mass is 398 g/mol. The zero-order chi connectivity index (χ0) is 19.8. The number of ether oxygens (including phenoxy) is 1. The second-order valence-corrected chi connectivity index (χ2v) is 7.26. The fourth-order valence-corrected chi connectivity index (χ4v) is 3.36. The minimum atomic E-state index is -0.300. The van der Waals surface area contributed by atoms with E-state index < -0.39 is 0 Å². The minimum absolute atomic E-state index is 0.300. The molecule has 28 heavy (non-hydrogen) atoms. The van der Waals surface area contributed by atoms with Gasteiger partial charge in [0, 0.05) is 43.2 Å². The zero-order valence-electron chi connectivity index (χ0n) is 15.9. The van der Waals surface area contributed by atoms with Gasteiger partial charge in [0.25, 0.3) is 0 Å². The molecule has 0 spiro atoms. The average Bonchev–Trinajstić information content (AvgIpc) is 3.25. The molecule has 5 nitrogen and oxygen atoms in total. The second-order valence-electron chi connectivity index (χ2n) is 6.28. The van der Waals surface area contributed by atoms with Crippen LogP contribution in [0.15, 0.2) is 65.1 Å². The van der Waals surface area contributed by atoms with Crippen LogP contribution in [-0.2, 0) is 6.54 Å². The van der Waals surface area contributed by atoms with Crippen LogP contribution in [0.1, 0.15) is 23.3 Å². The van der Waals surface area contributed by atoms with Crippen LogP contribution in [0.5, 0.6) is 11.6 Å². The maximum Gasteiger partial charge on any atom is 0.219 e. The lowest BCUT2D eigenvalue weighted by Crippen LogP contribution is -2.38. The van der Waals surface area contributed by atoms with E-state index in [9.17, 15) is 4.39 Å². The molecule has 0 saturated carbocycles. The minimum Gasteiger partial charge on any atom is -0.439 e. The van der Waals surface area contributed by atoms with E-state index in [1.807, 2.05) is 12.1 Å². The van der Waals surface area contributed by atoms with E-state index in [1.54, 1.807) is 36.7 Å². The van der Waals surface area contributed by atoms with Crippen LogP contribution in [0, 0.1) is 5.82 Å². The number of halogens is 1. The van der Waals surface area contributed by atoms with Gasteiger partial charge in [-0.15, -0.1) is 11.3 Å². The number of hydrogen-bond donors (Lipinski definition) is 2. The Hall–Kier alpha value is -2.93. The smallest absolute Gasteiger partial charge is 0.219 e. The van der Waals surface area contributed by atoms with E-state index >= 15 is 0 Å². The number of nitrogens with zero attached hydrogens (tertiary/aromatic N) is 2. The summed E-state index contributed by atoms with van der Waals surface area (Å²) in [6, 6.07) is 13.8. The summed E-state index contributed by atoms with van der Waals surface area (Å²) < 4.78 is 18.7. The zero-order valence-corrected chi connectivity index (χ0v) is 16.7. The fourth-order valence-electron chi connectivity index (χ4n) is 2.57. The van der Waals surface area contributed by atoms with Crippen LogP contribution in [-0.4, -0.2) is 24.5 Å². The van der Waals surface area contributed by atoms with Crippen LogP contribution < -0.4 is 15.4 Å². The number of aliphatic imine (C=N–C) groups is 1. The Bertz CT molecular complexity index is 897. The molecule has 3 aromatic rings. The van der Waals surface area contributed by atoms with Gasteiger partial charge in [0.1, 0.15) is 11.6 Å². The van der Waals surface area contributed by atoms with Crippen molar-refractivity contribution in [1.82, 2.24) is 15.6 Å². The molecular formula is C21H23FN4OS. The molecule has 1 unspecified atom stereocenters. The molecule has 2 heterocycles. The third kappa shape index (κ3) is 5.79. The average molecular weight is 399 g/mol. The normalized spacial score (nSPS) is 12.5. The first-order chi connectivity index (χ1) is 13.6. The number of thiophene rings is 1. The Morgan fingerprint density at radius 3 is 2.75 bits per heavy atom. The molecule has 0 fully saturated rings. The van der Waals surface area contributed by atoms with E-state index in [1.165, 1.54) is 17.0 Å². The van der Waals surface area contributed by atoms with E-state index in [4.69, 9.17) is 4.74 Å². The number of pyridine rings is 1. The highest BCUT2D eigenvalue weighted by Crippen LogP contribution is 2.21. The molecule has 0 aliphatic heterocycles. The number of aromatic nitrogens is 1. The Balaban J connectivity index is 1.52. The Kier molecular flexibility index (Phi) is 6.97. The molecule has 2 aromatic heterocycles. The quantitative estimate of drug-likeness (QED) is 0.453. The van der Waals surface area contributed by atoms with Crippen LogP contribution in [0.25, 0.3) is 0 Å². The van der Waals surface area contributed by atoms with E-state index in [0.717, 1.165) is 18.1 Å². The molecule has 0 amide bonds. The van der Waals surface area contributed by atoms with Gasteiger partial charge >= 0.3 is 0 Å². The van der Waals surface area contributed by atoms with Crippen molar-refractivity contribution >= 4 is 17.3 Å². The summed E-state index contributed by atoms with van der Waals surface area (Å²) in [5.74, 6) is 1.85. The summed E-state index contributed by atoms with van der Waals surface area (Å²) in [6.45, 7) is 3.57. The second kappa shape index (κ2) is 9.85. The van der Waals surface area contributed by atoms with Gasteiger partial charge in [0.2, 0.25) is 5.88 Å². The molecule has 1 atom stereocenters. The van der Waals surface area contributed by atoms with Crippen molar-refractivity contribution in [3.63, 3.8) is 0 Å². The number of guanidine groups is 1. The SMILES string of the molecule is CN=C(NCc1ccnc(Oc2ccc(F)cc2)c1)NCC(C)c1cccs1. The van der Waals surface area contributed by atoms with E-state index in [2.05, 4.69) is 45.0 Å². The number of benzene rings is 1. The van der Waals surface area contributed by atoms with Gasteiger partial charge in [-0.1, -0.05) is 13.0 Å². The van der Waals surface area contributed by atoms with Crippen molar-refractivity contribution in [3.05, 3.63) is 76.4 Å². The summed E-state index contributed by atoms with van der Waals surface area (Å²) in [6.07, 6.45) is 1.69. The lowest BCUT2D eigenvalue weighted by molar-refractivity contribution is 0.460. The first-order valence-electron chi connectivity index (χ1n) is 9.00. The maximum atomic E-state index is 13.0. The number of rotatable bonds is 7. The summed E-state index contributed by atoms with van der Waals surface area (Å²) >= 11 is 1.76. The molecule has 0 saturated heterocycles. The predicted molar refractivity (Wildman–Crippen MR) is 112 cm³/mol. The molecule has 0 radical (unpaired) electrons. The van der Waals surface area contributed by atoms with Gasteiger partial charge in [-0.3, -0.25) is 4.99 Å². The van der Waals surface area contributed by atoms with Crippen molar-refractivity contribution in [3.8, 4) is 11.6 Å². The number of hydrogen-bond acceptors (Lipinski definition) is 4. The Morgan fingerprint density at radius 2 is 2.04 bits per heavy atom. The third-order valence-electron chi connectivity index (χ3n) is 4.12. The van der Waals surface area contributed by atoms with Gasteiger partial charge in [-0.25, -0.2) is 9.37 Å². The topological polar surface area (TPSA) is 58.5 Å². The maximum absolute atomic E-state index is 13.0. The van der Waals surface area contributed by atoms with Crippen LogP contribution in [0.3, 0.4) is 0 Å². The van der Waals surface area contributed by atoms with Crippen LogP contribution in [0.4, 0.5) is 4.39 Å². The highest BCUT2D eigenvalue weighted by atomic mass is 32.1. The predicted octanol–water partition coefficient (Wildman–Crippen LogP) is 4.54. The first kappa shape index (κ1) is 19.8. The van der Waals surface area contributed by atoms with Gasteiger partial charge in [-0.05, 0) is 47.3 Å². The summed E-state index contributed by atoms with van der Waals surface area (Å²) in [4.78, 5) is 9.82. The van der Waals surface area contributed by atoms with Crippen molar-refractivity contribution in [2.75, 3.05) is 13.6 Å². The highest BCUT2D eigenvalue weighted by molar-refractivity contribution is 7.10. The summed E-state index contributed by atoms with van der Waals surface area (Å²) in [5.41, 5.74) is 1.00. The third-order valence-corrected chi connectivity index (χ3v) is 5.23. The van der Waals surface area contributed by atoms with Gasteiger partial charge < -0.3 is 15.4 Å². The molecule has 146 valence electrons. The largest absolute Gasteiger partial charge is 0.439 e. The standard InChI is InChI=1S/C21H23FN4OS/c1-15(19-4-3-11-28-19)13-25-21(23-2)26-14-16-9-10-24-20(12-16)27-18-7-5-17(22)6-8-18/h3-12,15H,13-14H2,1-2H3,(H2,23,25,26). The Labute approximate surface area is 168 Å². The van der Waals surface area contributed by atoms with Crippen molar-refractivity contribution in [2.45, 2.75) is 19.4 Å². The molecule has 1 aromatic carbocycles. The molecule has 3 rings (SSSR count). The fraction of sp³-hybridized carbons (Fsp3) is 0.238. The molecule has 0 aliphatic carbocycles.